The Morgan fingerprint density at radius 3 is 2.42 bits per heavy atom. The molecule has 0 unspecified atom stereocenters. The van der Waals surface area contributed by atoms with Crippen LogP contribution in [0.4, 0.5) is 4.79 Å². The monoisotopic (exact) mass is 337 g/mol. The highest BCUT2D eigenvalue weighted by Crippen LogP contribution is 2.04. The van der Waals surface area contributed by atoms with Crippen LogP contribution in [-0.4, -0.2) is 35.7 Å². The zero-order valence-electron chi connectivity index (χ0n) is 13.7. The number of alkyl carbamates (subject to hydrolysis) is 1. The Hall–Kier alpha value is -2.61. The highest BCUT2D eigenvalue weighted by Gasteiger charge is 2.21. The third kappa shape index (κ3) is 7.59. The van der Waals surface area contributed by atoms with Crippen LogP contribution in [0.25, 0.3) is 0 Å². The van der Waals surface area contributed by atoms with Gasteiger partial charge in [-0.3, -0.25) is 14.8 Å². The van der Waals surface area contributed by atoms with Crippen LogP contribution < -0.4 is 16.1 Å². The van der Waals surface area contributed by atoms with Crippen molar-refractivity contribution in [2.75, 3.05) is 6.54 Å². The fraction of sp³-hybridized carbons (Fsp3) is 0.438. The van der Waals surface area contributed by atoms with Gasteiger partial charge in [0.15, 0.2) is 0 Å². The number of nitrogens with one attached hydrogen (secondary N) is 3. The van der Waals surface area contributed by atoms with Crippen LogP contribution >= 0.6 is 0 Å². The number of ether oxygens (including phenoxy) is 1. The van der Waals surface area contributed by atoms with Gasteiger partial charge in [-0.1, -0.05) is 44.2 Å². The van der Waals surface area contributed by atoms with Gasteiger partial charge in [0, 0.05) is 0 Å². The molecule has 3 amide bonds. The number of hydrogen-bond donors (Lipinski definition) is 4. The van der Waals surface area contributed by atoms with Gasteiger partial charge >= 0.3 is 6.09 Å². The fourth-order valence-corrected chi connectivity index (χ4v) is 1.95. The van der Waals surface area contributed by atoms with Gasteiger partial charge in [0.2, 0.25) is 5.91 Å². The Kier molecular flexibility index (Phi) is 8.28. The van der Waals surface area contributed by atoms with E-state index in [1.165, 1.54) is 5.48 Å². The molecular weight excluding hydrogens is 314 g/mol. The molecular formula is C16H23N3O5. The number of rotatable bonds is 8. The van der Waals surface area contributed by atoms with E-state index in [1.54, 1.807) is 0 Å². The zero-order chi connectivity index (χ0) is 17.9. The van der Waals surface area contributed by atoms with E-state index in [0.29, 0.717) is 6.42 Å². The standard InChI is InChI=1S/C16H23N3O5/c1-11(2)8-13(15(21)19-23)18-14(20)9-17-16(22)24-10-12-6-4-3-5-7-12/h3-7,11,13,23H,8-10H2,1-2H3,(H,17,22)(H,18,20)(H,19,21)/t13-/m1/s1. The number of hydrogen-bond acceptors (Lipinski definition) is 5. The number of hydroxylamine groups is 1. The SMILES string of the molecule is CC(C)C[C@@H](NC(=O)CNC(=O)OCc1ccccc1)C(=O)NO. The summed E-state index contributed by atoms with van der Waals surface area (Å²) in [5.74, 6) is -1.12. The molecule has 132 valence electrons. The summed E-state index contributed by atoms with van der Waals surface area (Å²) in [7, 11) is 0. The smallest absolute Gasteiger partial charge is 0.407 e. The van der Waals surface area contributed by atoms with E-state index in [2.05, 4.69) is 10.6 Å². The maximum absolute atomic E-state index is 11.8. The first-order valence-corrected chi connectivity index (χ1v) is 7.60. The summed E-state index contributed by atoms with van der Waals surface area (Å²) in [6, 6.07) is 8.25. The third-order valence-corrected chi connectivity index (χ3v) is 3.08. The van der Waals surface area contributed by atoms with Crippen LogP contribution in [0.2, 0.25) is 0 Å². The molecule has 8 heteroatoms. The average molecular weight is 337 g/mol. The number of carbonyl (C=O) groups is 3. The first-order valence-electron chi connectivity index (χ1n) is 7.60. The molecule has 0 aliphatic carbocycles. The van der Waals surface area contributed by atoms with Crippen LogP contribution in [0.3, 0.4) is 0 Å². The van der Waals surface area contributed by atoms with E-state index >= 15 is 0 Å². The number of benzene rings is 1. The van der Waals surface area contributed by atoms with Crippen LogP contribution in [0.1, 0.15) is 25.8 Å². The lowest BCUT2D eigenvalue weighted by Gasteiger charge is -2.18. The molecule has 0 bridgehead atoms. The quantitative estimate of drug-likeness (QED) is 0.416. The second-order valence-electron chi connectivity index (χ2n) is 5.64. The topological polar surface area (TPSA) is 117 Å². The van der Waals surface area contributed by atoms with E-state index in [0.717, 1.165) is 5.56 Å². The van der Waals surface area contributed by atoms with E-state index < -0.39 is 23.9 Å². The second kappa shape index (κ2) is 10.2. The largest absolute Gasteiger partial charge is 0.445 e. The molecule has 0 aliphatic rings. The summed E-state index contributed by atoms with van der Waals surface area (Å²) >= 11 is 0. The number of amides is 3. The third-order valence-electron chi connectivity index (χ3n) is 3.08. The molecule has 0 fully saturated rings. The molecule has 1 aromatic carbocycles. The molecule has 0 aliphatic heterocycles. The van der Waals surface area contributed by atoms with Crippen LogP contribution in [0.15, 0.2) is 30.3 Å². The van der Waals surface area contributed by atoms with Crippen molar-refractivity contribution in [1.82, 2.24) is 16.1 Å². The maximum Gasteiger partial charge on any atom is 0.407 e. The predicted octanol–water partition coefficient (Wildman–Crippen LogP) is 0.949. The molecule has 4 N–H and O–H groups in total. The van der Waals surface area contributed by atoms with Gasteiger partial charge in [-0.05, 0) is 17.9 Å². The lowest BCUT2D eigenvalue weighted by Crippen LogP contribution is -2.49. The van der Waals surface area contributed by atoms with Gasteiger partial charge < -0.3 is 15.4 Å². The van der Waals surface area contributed by atoms with Crippen molar-refractivity contribution < 1.29 is 24.3 Å². The molecule has 1 rings (SSSR count). The molecule has 1 atom stereocenters. The number of carbonyl (C=O) groups excluding carboxylic acids is 3. The van der Waals surface area contributed by atoms with Crippen molar-refractivity contribution in [2.45, 2.75) is 32.9 Å². The van der Waals surface area contributed by atoms with E-state index in [9.17, 15) is 14.4 Å². The highest BCUT2D eigenvalue weighted by molar-refractivity contribution is 5.88. The van der Waals surface area contributed by atoms with Gasteiger partial charge in [-0.25, -0.2) is 10.3 Å². The predicted molar refractivity (Wildman–Crippen MR) is 85.9 cm³/mol. The minimum atomic E-state index is -0.871. The first-order chi connectivity index (χ1) is 11.4. The Labute approximate surface area is 140 Å². The summed E-state index contributed by atoms with van der Waals surface area (Å²) in [5, 5.41) is 13.4. The van der Waals surface area contributed by atoms with Crippen molar-refractivity contribution in [1.29, 1.82) is 0 Å². The van der Waals surface area contributed by atoms with Gasteiger partial charge in [0.1, 0.15) is 19.2 Å². The molecule has 24 heavy (non-hydrogen) atoms. The molecule has 0 spiro atoms. The summed E-state index contributed by atoms with van der Waals surface area (Å²) < 4.78 is 4.97. The summed E-state index contributed by atoms with van der Waals surface area (Å²) in [6.45, 7) is 3.52. The minimum absolute atomic E-state index is 0.0944. The van der Waals surface area contributed by atoms with Crippen molar-refractivity contribution in [3.8, 4) is 0 Å². The van der Waals surface area contributed by atoms with Crippen molar-refractivity contribution in [2.24, 2.45) is 5.92 Å². The summed E-state index contributed by atoms with van der Waals surface area (Å²) in [4.78, 5) is 34.8. The van der Waals surface area contributed by atoms with Crippen molar-refractivity contribution in [3.05, 3.63) is 35.9 Å². The normalized spacial score (nSPS) is 11.5. The lowest BCUT2D eigenvalue weighted by molar-refractivity contribution is -0.134. The van der Waals surface area contributed by atoms with Crippen LogP contribution in [0.5, 0.6) is 0 Å². The molecule has 0 aromatic heterocycles. The minimum Gasteiger partial charge on any atom is -0.445 e. The molecule has 8 nitrogen and oxygen atoms in total. The van der Waals surface area contributed by atoms with Gasteiger partial charge in [-0.15, -0.1) is 0 Å². The summed E-state index contributed by atoms with van der Waals surface area (Å²) in [5.41, 5.74) is 2.34. The Morgan fingerprint density at radius 2 is 1.83 bits per heavy atom. The summed E-state index contributed by atoms with van der Waals surface area (Å²) in [6.07, 6.45) is -0.377. The van der Waals surface area contributed by atoms with Crippen LogP contribution in [-0.2, 0) is 20.9 Å². The second-order valence-corrected chi connectivity index (χ2v) is 5.64. The lowest BCUT2D eigenvalue weighted by atomic mass is 10.0. The average Bonchev–Trinajstić information content (AvgIpc) is 2.57. The zero-order valence-corrected chi connectivity index (χ0v) is 13.7. The molecule has 1 aromatic rings. The molecule has 0 radical (unpaired) electrons. The van der Waals surface area contributed by atoms with E-state index in [4.69, 9.17) is 9.94 Å². The Balaban J connectivity index is 2.35. The van der Waals surface area contributed by atoms with Crippen molar-refractivity contribution in [3.63, 3.8) is 0 Å². The molecule has 0 saturated heterocycles. The van der Waals surface area contributed by atoms with Gasteiger partial charge in [-0.2, -0.15) is 0 Å². The van der Waals surface area contributed by atoms with E-state index in [-0.39, 0.29) is 19.1 Å². The van der Waals surface area contributed by atoms with Crippen molar-refractivity contribution >= 4 is 17.9 Å². The van der Waals surface area contributed by atoms with Crippen LogP contribution in [0, 0.1) is 5.92 Å². The fourth-order valence-electron chi connectivity index (χ4n) is 1.95. The molecule has 0 heterocycles. The van der Waals surface area contributed by atoms with E-state index in [1.807, 2.05) is 44.2 Å². The maximum atomic E-state index is 11.8. The Morgan fingerprint density at radius 1 is 1.17 bits per heavy atom. The highest BCUT2D eigenvalue weighted by atomic mass is 16.5. The first kappa shape index (κ1) is 19.4. The van der Waals surface area contributed by atoms with Gasteiger partial charge in [0.05, 0.1) is 0 Å². The molecule has 0 saturated carbocycles. The Bertz CT molecular complexity index is 548. The van der Waals surface area contributed by atoms with Gasteiger partial charge in [0.25, 0.3) is 5.91 Å².